The van der Waals surface area contributed by atoms with Crippen LogP contribution >= 0.6 is 22.9 Å². The zero-order valence-corrected chi connectivity index (χ0v) is 17.2. The van der Waals surface area contributed by atoms with E-state index in [2.05, 4.69) is 9.71 Å². The highest BCUT2D eigenvalue weighted by Crippen LogP contribution is 2.44. The number of hydrogen-bond acceptors (Lipinski definition) is 3. The zero-order chi connectivity index (χ0) is 19.3. The summed E-state index contributed by atoms with van der Waals surface area (Å²) in [6, 6.07) is 16.9. The lowest BCUT2D eigenvalue weighted by molar-refractivity contribution is 0.603. The highest BCUT2D eigenvalue weighted by molar-refractivity contribution is 7.94. The maximum absolute atomic E-state index is 12.7. The van der Waals surface area contributed by atoms with Crippen LogP contribution in [0, 0.1) is 0 Å². The summed E-state index contributed by atoms with van der Waals surface area (Å²) < 4.78 is 28.6. The number of halogens is 1. The van der Waals surface area contributed by atoms with Gasteiger partial charge in [-0.2, -0.15) is 0 Å². The number of para-hydroxylation sites is 1. The number of aryl methyl sites for hydroxylation is 1. The fourth-order valence-electron chi connectivity index (χ4n) is 4.06. The quantitative estimate of drug-likeness (QED) is 0.434. The van der Waals surface area contributed by atoms with Gasteiger partial charge in [-0.3, -0.25) is 4.72 Å². The van der Waals surface area contributed by atoms with Crippen molar-refractivity contribution in [3.63, 3.8) is 0 Å². The van der Waals surface area contributed by atoms with E-state index in [9.17, 15) is 8.42 Å². The second kappa shape index (κ2) is 6.65. The van der Waals surface area contributed by atoms with Crippen LogP contribution in [0.25, 0.3) is 10.9 Å². The molecule has 142 valence electrons. The molecule has 4 aromatic rings. The molecule has 1 unspecified atom stereocenters. The van der Waals surface area contributed by atoms with E-state index in [4.69, 9.17) is 11.6 Å². The molecule has 0 radical (unpaired) electrons. The predicted molar refractivity (Wildman–Crippen MR) is 115 cm³/mol. The molecular formula is C21H17ClN2O2S2. The van der Waals surface area contributed by atoms with Crippen molar-refractivity contribution < 1.29 is 8.42 Å². The van der Waals surface area contributed by atoms with Crippen molar-refractivity contribution in [1.82, 2.24) is 4.98 Å². The van der Waals surface area contributed by atoms with Crippen LogP contribution in [0.4, 0.5) is 5.69 Å². The summed E-state index contributed by atoms with van der Waals surface area (Å²) >= 11 is 7.40. The van der Waals surface area contributed by atoms with Crippen LogP contribution < -0.4 is 4.72 Å². The van der Waals surface area contributed by atoms with Crippen molar-refractivity contribution in [2.45, 2.75) is 23.0 Å². The number of H-pyrrole nitrogens is 1. The molecule has 1 atom stereocenters. The Labute approximate surface area is 172 Å². The number of aromatic amines is 1. The van der Waals surface area contributed by atoms with Gasteiger partial charge in [-0.1, -0.05) is 35.9 Å². The second-order valence-corrected chi connectivity index (χ2v) is 10.2. The zero-order valence-electron chi connectivity index (χ0n) is 14.8. The Morgan fingerprint density at radius 2 is 1.96 bits per heavy atom. The van der Waals surface area contributed by atoms with Gasteiger partial charge in [0.2, 0.25) is 0 Å². The standard InChI is InChI=1S/C21H17ClN2O2S2/c22-13-7-10-18-17(12-13)16-9-8-15(21(16)23-18)14-4-1-2-5-19(14)24-28(25,26)20-6-3-11-27-20/h1-7,10-12,15,23-24H,8-9H2. The number of aromatic nitrogens is 1. The van der Waals surface area contributed by atoms with Crippen molar-refractivity contribution in [3.8, 4) is 0 Å². The van der Waals surface area contributed by atoms with Gasteiger partial charge in [0.15, 0.2) is 0 Å². The van der Waals surface area contributed by atoms with Crippen molar-refractivity contribution in [3.05, 3.63) is 81.8 Å². The van der Waals surface area contributed by atoms with Crippen LogP contribution in [0.1, 0.15) is 29.2 Å². The lowest BCUT2D eigenvalue weighted by atomic mass is 9.95. The number of nitrogens with one attached hydrogen (secondary N) is 2. The van der Waals surface area contributed by atoms with Crippen LogP contribution in [0.3, 0.4) is 0 Å². The molecule has 2 aromatic heterocycles. The normalized spacial score (nSPS) is 16.4. The molecule has 2 N–H and O–H groups in total. The van der Waals surface area contributed by atoms with Crippen LogP contribution in [-0.4, -0.2) is 13.4 Å². The smallest absolute Gasteiger partial charge is 0.271 e. The number of hydrogen-bond donors (Lipinski definition) is 2. The summed E-state index contributed by atoms with van der Waals surface area (Å²) in [6.07, 6.45) is 1.87. The fraction of sp³-hybridized carbons (Fsp3) is 0.143. The number of rotatable bonds is 4. The van der Waals surface area contributed by atoms with Gasteiger partial charge in [0.05, 0.1) is 5.69 Å². The largest absolute Gasteiger partial charge is 0.358 e. The molecule has 0 aliphatic heterocycles. The van der Waals surface area contributed by atoms with Crippen LogP contribution in [0.15, 0.2) is 64.2 Å². The lowest BCUT2D eigenvalue weighted by Crippen LogP contribution is -2.14. The molecule has 5 rings (SSSR count). The topological polar surface area (TPSA) is 62.0 Å². The highest BCUT2D eigenvalue weighted by Gasteiger charge is 2.30. The number of benzene rings is 2. The van der Waals surface area contributed by atoms with Gasteiger partial charge in [-0.05, 0) is 59.7 Å². The number of anilines is 1. The summed E-state index contributed by atoms with van der Waals surface area (Å²) in [5.74, 6) is 0.114. The molecule has 2 aromatic carbocycles. The molecule has 0 spiro atoms. The molecule has 0 fully saturated rings. The number of fused-ring (bicyclic) bond motifs is 3. The number of sulfonamides is 1. The Kier molecular flexibility index (Phi) is 4.23. The van der Waals surface area contributed by atoms with Crippen molar-refractivity contribution in [2.75, 3.05) is 4.72 Å². The monoisotopic (exact) mass is 428 g/mol. The van der Waals surface area contributed by atoms with E-state index in [0.29, 0.717) is 9.90 Å². The van der Waals surface area contributed by atoms with Gasteiger partial charge in [0.25, 0.3) is 10.0 Å². The van der Waals surface area contributed by atoms with Crippen LogP contribution in [0.5, 0.6) is 0 Å². The molecule has 0 amide bonds. The second-order valence-electron chi connectivity index (χ2n) is 6.92. The van der Waals surface area contributed by atoms with Crippen LogP contribution in [-0.2, 0) is 16.4 Å². The minimum Gasteiger partial charge on any atom is -0.358 e. The summed E-state index contributed by atoms with van der Waals surface area (Å²) in [4.78, 5) is 3.54. The van der Waals surface area contributed by atoms with Gasteiger partial charge in [0, 0.05) is 27.5 Å². The number of thiophene rings is 1. The van der Waals surface area contributed by atoms with Gasteiger partial charge in [0.1, 0.15) is 4.21 Å². The summed E-state index contributed by atoms with van der Waals surface area (Å²) in [5.41, 5.74) is 5.11. The minimum absolute atomic E-state index is 0.114. The Morgan fingerprint density at radius 3 is 2.79 bits per heavy atom. The van der Waals surface area contributed by atoms with Crippen LogP contribution in [0.2, 0.25) is 5.02 Å². The molecule has 7 heteroatoms. The Morgan fingerprint density at radius 1 is 1.11 bits per heavy atom. The summed E-state index contributed by atoms with van der Waals surface area (Å²) in [7, 11) is -3.59. The maximum Gasteiger partial charge on any atom is 0.271 e. The Bertz CT molecular complexity index is 1280. The van der Waals surface area contributed by atoms with E-state index >= 15 is 0 Å². The SMILES string of the molecule is O=S(=O)(Nc1ccccc1C1CCc2c1[nH]c1ccc(Cl)cc21)c1cccs1. The molecule has 4 nitrogen and oxygen atoms in total. The van der Waals surface area contributed by atoms with E-state index in [1.807, 2.05) is 42.5 Å². The van der Waals surface area contributed by atoms with E-state index < -0.39 is 10.0 Å². The first-order chi connectivity index (χ1) is 13.5. The highest BCUT2D eigenvalue weighted by atomic mass is 35.5. The van der Waals surface area contributed by atoms with Crippen molar-refractivity contribution in [1.29, 1.82) is 0 Å². The first-order valence-corrected chi connectivity index (χ1v) is 11.7. The molecular weight excluding hydrogens is 412 g/mol. The molecule has 1 aliphatic rings. The molecule has 0 bridgehead atoms. The molecule has 28 heavy (non-hydrogen) atoms. The third-order valence-electron chi connectivity index (χ3n) is 5.27. The van der Waals surface area contributed by atoms with Gasteiger partial charge in [-0.25, -0.2) is 8.42 Å². The van der Waals surface area contributed by atoms with E-state index in [-0.39, 0.29) is 5.92 Å². The molecule has 0 saturated heterocycles. The maximum atomic E-state index is 12.7. The van der Waals surface area contributed by atoms with E-state index in [1.165, 1.54) is 16.9 Å². The molecule has 2 heterocycles. The first-order valence-electron chi connectivity index (χ1n) is 8.98. The summed E-state index contributed by atoms with van der Waals surface area (Å²) in [5, 5.41) is 3.64. The average molecular weight is 429 g/mol. The van der Waals surface area contributed by atoms with Gasteiger partial charge >= 0.3 is 0 Å². The van der Waals surface area contributed by atoms with Gasteiger partial charge in [-0.15, -0.1) is 11.3 Å². The van der Waals surface area contributed by atoms with Crippen molar-refractivity contribution in [2.24, 2.45) is 0 Å². The van der Waals surface area contributed by atoms with Crippen molar-refractivity contribution >= 4 is 49.6 Å². The Balaban J connectivity index is 1.57. The minimum atomic E-state index is -3.59. The van der Waals surface area contributed by atoms with E-state index in [1.54, 1.807) is 17.5 Å². The fourth-order valence-corrected chi connectivity index (χ4v) is 6.31. The average Bonchev–Trinajstić information content (AvgIpc) is 3.39. The summed E-state index contributed by atoms with van der Waals surface area (Å²) in [6.45, 7) is 0. The predicted octanol–water partition coefficient (Wildman–Crippen LogP) is 5.76. The van der Waals surface area contributed by atoms with E-state index in [0.717, 1.165) is 40.0 Å². The lowest BCUT2D eigenvalue weighted by Gasteiger charge is -2.17. The Hall–Kier alpha value is -2.28. The first kappa shape index (κ1) is 17.8. The molecule has 0 saturated carbocycles. The third kappa shape index (κ3) is 2.92. The third-order valence-corrected chi connectivity index (χ3v) is 8.27. The molecule has 1 aliphatic carbocycles. The van der Waals surface area contributed by atoms with Gasteiger partial charge < -0.3 is 4.98 Å².